The minimum atomic E-state index is -3.98. The average molecular weight is 456 g/mol. The minimum absolute atomic E-state index is 0.0258. The molecule has 0 aliphatic heterocycles. The van der Waals surface area contributed by atoms with Gasteiger partial charge in [-0.15, -0.1) is 0 Å². The van der Waals surface area contributed by atoms with Gasteiger partial charge in [-0.3, -0.25) is 13.9 Å². The van der Waals surface area contributed by atoms with E-state index in [4.69, 9.17) is 11.6 Å². The Morgan fingerprint density at radius 3 is 2.30 bits per heavy atom. The van der Waals surface area contributed by atoms with Gasteiger partial charge in [0.15, 0.2) is 0 Å². The van der Waals surface area contributed by atoms with E-state index in [0.29, 0.717) is 14.9 Å². The van der Waals surface area contributed by atoms with Crippen LogP contribution in [0.4, 0.5) is 10.1 Å². The van der Waals surface area contributed by atoms with E-state index >= 15 is 0 Å². The second-order valence-electron chi connectivity index (χ2n) is 6.62. The molecule has 0 unspecified atom stereocenters. The topological polar surface area (TPSA) is 86.8 Å². The molecule has 0 saturated carbocycles. The normalized spacial score (nSPS) is 12.2. The Morgan fingerprint density at radius 2 is 1.73 bits per heavy atom. The van der Waals surface area contributed by atoms with Gasteiger partial charge in [0.1, 0.15) is 18.4 Å². The third-order valence-electron chi connectivity index (χ3n) is 4.51. The second-order valence-corrected chi connectivity index (χ2v) is 8.94. The monoisotopic (exact) mass is 455 g/mol. The zero-order valence-corrected chi connectivity index (χ0v) is 18.4. The van der Waals surface area contributed by atoms with Crippen LogP contribution in [0.2, 0.25) is 5.02 Å². The third-order valence-corrected chi connectivity index (χ3v) is 6.01. The maximum absolute atomic E-state index is 14.3. The van der Waals surface area contributed by atoms with Crippen molar-refractivity contribution in [1.82, 2.24) is 10.2 Å². The van der Waals surface area contributed by atoms with Crippen molar-refractivity contribution >= 4 is 39.1 Å². The lowest BCUT2D eigenvalue weighted by molar-refractivity contribution is -0.139. The molecule has 1 atom stereocenters. The summed E-state index contributed by atoms with van der Waals surface area (Å²) in [5.41, 5.74) is 0.332. The zero-order valence-electron chi connectivity index (χ0n) is 16.8. The molecule has 10 heteroatoms. The van der Waals surface area contributed by atoms with Gasteiger partial charge >= 0.3 is 0 Å². The number of halogens is 2. The fraction of sp³-hybridized carbons (Fsp3) is 0.300. The van der Waals surface area contributed by atoms with Crippen molar-refractivity contribution in [2.24, 2.45) is 0 Å². The van der Waals surface area contributed by atoms with E-state index in [2.05, 4.69) is 5.32 Å². The summed E-state index contributed by atoms with van der Waals surface area (Å²) in [6.45, 7) is 0.814. The Balaban J connectivity index is 2.41. The summed E-state index contributed by atoms with van der Waals surface area (Å²) in [4.78, 5) is 26.6. The highest BCUT2D eigenvalue weighted by atomic mass is 35.5. The first-order chi connectivity index (χ1) is 14.1. The number of benzene rings is 2. The number of hydrogen-bond donors (Lipinski definition) is 1. The Bertz CT molecular complexity index is 1030. The first-order valence-electron chi connectivity index (χ1n) is 9.03. The summed E-state index contributed by atoms with van der Waals surface area (Å²) in [6.07, 6.45) is 0.882. The lowest BCUT2D eigenvalue weighted by Gasteiger charge is -2.31. The van der Waals surface area contributed by atoms with E-state index in [1.165, 1.54) is 37.1 Å². The van der Waals surface area contributed by atoms with Crippen molar-refractivity contribution in [1.29, 1.82) is 0 Å². The van der Waals surface area contributed by atoms with Gasteiger partial charge in [0.25, 0.3) is 0 Å². The van der Waals surface area contributed by atoms with E-state index < -0.39 is 40.2 Å². The van der Waals surface area contributed by atoms with Crippen LogP contribution in [-0.2, 0) is 26.2 Å². The van der Waals surface area contributed by atoms with E-state index in [9.17, 15) is 22.4 Å². The highest BCUT2D eigenvalue weighted by Crippen LogP contribution is 2.23. The Morgan fingerprint density at radius 1 is 1.13 bits per heavy atom. The molecule has 0 spiro atoms. The fourth-order valence-corrected chi connectivity index (χ4v) is 3.90. The smallest absolute Gasteiger partial charge is 0.244 e. The molecule has 0 heterocycles. The van der Waals surface area contributed by atoms with Crippen LogP contribution in [0.1, 0.15) is 12.5 Å². The quantitative estimate of drug-likeness (QED) is 0.662. The van der Waals surface area contributed by atoms with Gasteiger partial charge in [-0.1, -0.05) is 41.9 Å². The van der Waals surface area contributed by atoms with Gasteiger partial charge in [0.05, 0.1) is 11.9 Å². The standard InChI is InChI=1S/C20H23ClFN3O4S/c1-14(20(27)23-2)24(12-15-8-4-5-9-16(15)21)19(26)13-25(30(3,28)29)18-11-7-6-10-17(18)22/h4-11,14H,12-13H2,1-3H3,(H,23,27)/t14-/m1/s1. The Labute approximate surface area is 180 Å². The van der Waals surface area contributed by atoms with Crippen LogP contribution in [0.3, 0.4) is 0 Å². The number of carbonyl (C=O) groups is 2. The summed E-state index contributed by atoms with van der Waals surface area (Å²) >= 11 is 6.19. The van der Waals surface area contributed by atoms with E-state index in [0.717, 1.165) is 12.3 Å². The van der Waals surface area contributed by atoms with Crippen LogP contribution < -0.4 is 9.62 Å². The van der Waals surface area contributed by atoms with Crippen LogP contribution in [-0.4, -0.2) is 51.0 Å². The van der Waals surface area contributed by atoms with Crippen LogP contribution in [0.25, 0.3) is 0 Å². The molecule has 1 N–H and O–H groups in total. The SMILES string of the molecule is CNC(=O)[C@@H](C)N(Cc1ccccc1Cl)C(=O)CN(c1ccccc1F)S(C)(=O)=O. The first kappa shape index (κ1) is 23.6. The molecule has 2 amide bonds. The molecule has 2 rings (SSSR count). The van der Waals surface area contributed by atoms with Crippen molar-refractivity contribution in [3.8, 4) is 0 Å². The molecule has 2 aromatic carbocycles. The van der Waals surface area contributed by atoms with Crippen molar-refractivity contribution in [2.45, 2.75) is 19.5 Å². The van der Waals surface area contributed by atoms with Crippen LogP contribution in [0, 0.1) is 5.82 Å². The van der Waals surface area contributed by atoms with Gasteiger partial charge in [0.2, 0.25) is 21.8 Å². The van der Waals surface area contributed by atoms with Gasteiger partial charge in [0, 0.05) is 18.6 Å². The number of nitrogens with one attached hydrogen (secondary N) is 1. The molecule has 0 radical (unpaired) electrons. The maximum Gasteiger partial charge on any atom is 0.244 e. The summed E-state index contributed by atoms with van der Waals surface area (Å²) in [7, 11) is -2.55. The minimum Gasteiger partial charge on any atom is -0.357 e. The highest BCUT2D eigenvalue weighted by molar-refractivity contribution is 7.92. The summed E-state index contributed by atoms with van der Waals surface area (Å²) in [5.74, 6) is -1.90. The molecule has 0 fully saturated rings. The molecule has 162 valence electrons. The van der Waals surface area contributed by atoms with Gasteiger partial charge in [-0.2, -0.15) is 0 Å². The summed E-state index contributed by atoms with van der Waals surface area (Å²) in [5, 5.41) is 2.86. The van der Waals surface area contributed by atoms with Crippen LogP contribution >= 0.6 is 11.6 Å². The molecule has 0 aromatic heterocycles. The number of carbonyl (C=O) groups excluding carboxylic acids is 2. The predicted octanol–water partition coefficient (Wildman–Crippen LogP) is 2.41. The molecular weight excluding hydrogens is 433 g/mol. The first-order valence-corrected chi connectivity index (χ1v) is 11.3. The molecule has 0 aliphatic rings. The zero-order chi connectivity index (χ0) is 22.5. The van der Waals surface area contributed by atoms with Crippen molar-refractivity contribution in [2.75, 3.05) is 24.2 Å². The molecule has 2 aromatic rings. The Hall–Kier alpha value is -2.65. The van der Waals surface area contributed by atoms with Crippen LogP contribution in [0.15, 0.2) is 48.5 Å². The summed E-state index contributed by atoms with van der Waals surface area (Å²) in [6, 6.07) is 11.1. The van der Waals surface area contributed by atoms with E-state index in [-0.39, 0.29) is 12.2 Å². The predicted molar refractivity (Wildman–Crippen MR) is 114 cm³/mol. The number of para-hydroxylation sites is 1. The number of hydrogen-bond acceptors (Lipinski definition) is 4. The molecule has 0 bridgehead atoms. The van der Waals surface area contributed by atoms with Gasteiger partial charge in [-0.25, -0.2) is 12.8 Å². The van der Waals surface area contributed by atoms with Gasteiger partial charge < -0.3 is 10.2 Å². The Kier molecular flexibility index (Phi) is 7.80. The van der Waals surface area contributed by atoms with Crippen molar-refractivity contribution < 1.29 is 22.4 Å². The largest absolute Gasteiger partial charge is 0.357 e. The molecule has 0 aliphatic carbocycles. The number of amides is 2. The lowest BCUT2D eigenvalue weighted by Crippen LogP contribution is -2.50. The fourth-order valence-electron chi connectivity index (χ4n) is 2.85. The van der Waals surface area contributed by atoms with Crippen molar-refractivity contribution in [3.05, 3.63) is 64.9 Å². The van der Waals surface area contributed by atoms with E-state index in [1.54, 1.807) is 24.3 Å². The lowest BCUT2D eigenvalue weighted by atomic mass is 10.1. The number of likely N-dealkylation sites (N-methyl/N-ethyl adjacent to an activating group) is 1. The number of sulfonamides is 1. The molecule has 30 heavy (non-hydrogen) atoms. The third kappa shape index (κ3) is 5.70. The number of anilines is 1. The molecule has 7 nitrogen and oxygen atoms in total. The average Bonchev–Trinajstić information content (AvgIpc) is 2.70. The van der Waals surface area contributed by atoms with Crippen LogP contribution in [0.5, 0.6) is 0 Å². The number of nitrogens with zero attached hydrogens (tertiary/aromatic N) is 2. The van der Waals surface area contributed by atoms with Crippen molar-refractivity contribution in [3.63, 3.8) is 0 Å². The summed E-state index contributed by atoms with van der Waals surface area (Å²) < 4.78 is 39.5. The van der Waals surface area contributed by atoms with E-state index in [1.807, 2.05) is 0 Å². The molecule has 0 saturated heterocycles. The number of rotatable bonds is 8. The second kappa shape index (κ2) is 9.90. The van der Waals surface area contributed by atoms with Gasteiger partial charge in [-0.05, 0) is 30.7 Å². The molecular formula is C20H23ClFN3O4S. The highest BCUT2D eigenvalue weighted by Gasteiger charge is 2.30. The maximum atomic E-state index is 14.3.